The molecule has 324 valence electrons. The molecule has 0 aliphatic rings. The number of carbonyl (C=O) groups excluding carboxylic acids is 2. The highest BCUT2D eigenvalue weighted by Crippen LogP contribution is 2.13. The van der Waals surface area contributed by atoms with Crippen LogP contribution in [0.25, 0.3) is 0 Å². The maximum atomic E-state index is 12.4. The molecule has 0 bridgehead atoms. The molecule has 0 aliphatic carbocycles. The third kappa shape index (κ3) is 41.7. The lowest BCUT2D eigenvalue weighted by Crippen LogP contribution is -2.28. The Bertz CT molecular complexity index is 840. The van der Waals surface area contributed by atoms with Crippen LogP contribution in [-0.4, -0.2) is 80.9 Å². The normalized spacial score (nSPS) is 11.9. The van der Waals surface area contributed by atoms with E-state index in [-0.39, 0.29) is 24.8 Å². The number of esters is 2. The molecule has 55 heavy (non-hydrogen) atoms. The van der Waals surface area contributed by atoms with Gasteiger partial charge in [-0.25, -0.2) is 0 Å². The molecule has 0 heterocycles. The van der Waals surface area contributed by atoms with Gasteiger partial charge in [-0.3, -0.25) is 9.59 Å². The highest BCUT2D eigenvalue weighted by molar-refractivity contribution is 5.69. The Morgan fingerprint density at radius 1 is 0.491 bits per heavy atom. The van der Waals surface area contributed by atoms with Crippen molar-refractivity contribution in [2.24, 2.45) is 0 Å². The molecule has 0 aliphatic heterocycles. The molecule has 0 unspecified atom stereocenters. The highest BCUT2D eigenvalue weighted by Gasteiger charge is 2.12. The van der Waals surface area contributed by atoms with E-state index in [0.29, 0.717) is 52.1 Å². The first-order valence-corrected chi connectivity index (χ1v) is 23.2. The maximum Gasteiger partial charge on any atom is 0.305 e. The lowest BCUT2D eigenvalue weighted by atomic mass is 10.1. The summed E-state index contributed by atoms with van der Waals surface area (Å²) in [6, 6.07) is 0. The van der Waals surface area contributed by atoms with Crippen molar-refractivity contribution in [2.45, 2.75) is 213 Å². The number of carbonyl (C=O) groups is 2. The van der Waals surface area contributed by atoms with Gasteiger partial charge in [0.15, 0.2) is 6.29 Å². The van der Waals surface area contributed by atoms with Crippen LogP contribution in [0.15, 0.2) is 24.3 Å². The van der Waals surface area contributed by atoms with Gasteiger partial charge in [0, 0.05) is 39.2 Å². The summed E-state index contributed by atoms with van der Waals surface area (Å²) >= 11 is 0. The Hall–Kier alpha value is -1.74. The average molecular weight is 780 g/mol. The summed E-state index contributed by atoms with van der Waals surface area (Å²) in [6.45, 7) is 12.3. The van der Waals surface area contributed by atoms with Crippen LogP contribution in [0.3, 0.4) is 0 Å². The summed E-state index contributed by atoms with van der Waals surface area (Å²) in [5, 5.41) is 9.37. The first-order valence-electron chi connectivity index (χ1n) is 23.2. The summed E-state index contributed by atoms with van der Waals surface area (Å²) in [4.78, 5) is 26.9. The molecule has 1 N–H and O–H groups in total. The van der Waals surface area contributed by atoms with Crippen LogP contribution in [0.5, 0.6) is 0 Å². The van der Waals surface area contributed by atoms with Crippen LogP contribution in [0.2, 0.25) is 0 Å². The molecule has 0 saturated carbocycles. The minimum absolute atomic E-state index is 0.0376. The third-order valence-electron chi connectivity index (χ3n) is 9.89. The van der Waals surface area contributed by atoms with Crippen molar-refractivity contribution in [1.29, 1.82) is 0 Å². The molecule has 0 aromatic heterocycles. The first-order chi connectivity index (χ1) is 27.1. The topological polar surface area (TPSA) is 94.5 Å². The number of hydrogen-bond donors (Lipinski definition) is 1. The number of hydrogen-bond acceptors (Lipinski definition) is 8. The number of aliphatic hydroxyl groups excluding tert-OH is 1. The molecule has 0 atom stereocenters. The van der Waals surface area contributed by atoms with Crippen LogP contribution >= 0.6 is 0 Å². The van der Waals surface area contributed by atoms with Gasteiger partial charge in [0.05, 0.1) is 13.2 Å². The number of nitrogens with zero attached hydrogens (tertiary/aromatic N) is 1. The van der Waals surface area contributed by atoms with Gasteiger partial charge in [-0.05, 0) is 116 Å². The number of allylic oxidation sites excluding steroid dienone is 4. The van der Waals surface area contributed by atoms with Gasteiger partial charge in [0.2, 0.25) is 0 Å². The van der Waals surface area contributed by atoms with Crippen LogP contribution in [-0.2, 0) is 28.5 Å². The van der Waals surface area contributed by atoms with Crippen LogP contribution < -0.4 is 0 Å². The van der Waals surface area contributed by atoms with E-state index in [0.717, 1.165) is 142 Å². The predicted molar refractivity (Wildman–Crippen MR) is 230 cm³/mol. The molecule has 0 radical (unpaired) electrons. The van der Waals surface area contributed by atoms with E-state index in [2.05, 4.69) is 50.0 Å². The molecule has 0 rings (SSSR count). The zero-order valence-electron chi connectivity index (χ0n) is 36.4. The van der Waals surface area contributed by atoms with Crippen molar-refractivity contribution in [3.05, 3.63) is 24.3 Å². The molecule has 0 saturated heterocycles. The molecular formula is C47H89NO7. The zero-order chi connectivity index (χ0) is 40.1. The van der Waals surface area contributed by atoms with Gasteiger partial charge < -0.3 is 29.0 Å². The summed E-state index contributed by atoms with van der Waals surface area (Å²) < 4.78 is 23.1. The van der Waals surface area contributed by atoms with E-state index in [1.54, 1.807) is 0 Å². The van der Waals surface area contributed by atoms with Crippen molar-refractivity contribution in [2.75, 3.05) is 52.7 Å². The molecule has 0 spiro atoms. The van der Waals surface area contributed by atoms with Gasteiger partial charge in [0.25, 0.3) is 0 Å². The van der Waals surface area contributed by atoms with Crippen molar-refractivity contribution < 1.29 is 33.6 Å². The second-order valence-electron chi connectivity index (χ2n) is 15.2. The van der Waals surface area contributed by atoms with Crippen molar-refractivity contribution >= 4 is 11.9 Å². The lowest BCUT2D eigenvalue weighted by molar-refractivity contribution is -0.152. The number of ether oxygens (including phenoxy) is 4. The minimum atomic E-state index is -0.256. The fourth-order valence-corrected chi connectivity index (χ4v) is 6.49. The summed E-state index contributed by atoms with van der Waals surface area (Å²) in [6.07, 6.45) is 38.7. The monoisotopic (exact) mass is 780 g/mol. The molecule has 0 aromatic rings. The molecule has 0 amide bonds. The smallest absolute Gasteiger partial charge is 0.305 e. The van der Waals surface area contributed by atoms with E-state index < -0.39 is 0 Å². The van der Waals surface area contributed by atoms with Gasteiger partial charge in [-0.1, -0.05) is 116 Å². The number of rotatable bonds is 44. The second-order valence-corrected chi connectivity index (χ2v) is 15.2. The Morgan fingerprint density at radius 2 is 0.927 bits per heavy atom. The first kappa shape index (κ1) is 53.3. The molecule has 8 heteroatoms. The van der Waals surface area contributed by atoms with Crippen molar-refractivity contribution in [1.82, 2.24) is 4.90 Å². The van der Waals surface area contributed by atoms with E-state index in [1.165, 1.54) is 38.5 Å². The highest BCUT2D eigenvalue weighted by atomic mass is 16.7. The summed E-state index contributed by atoms with van der Waals surface area (Å²) in [5.41, 5.74) is 0. The molecule has 0 fully saturated rings. The molecule has 0 aromatic carbocycles. The Kier molecular flexibility index (Phi) is 43.5. The zero-order valence-corrected chi connectivity index (χ0v) is 36.4. The predicted octanol–water partition coefficient (Wildman–Crippen LogP) is 12.2. The Labute approximate surface area is 339 Å². The summed E-state index contributed by atoms with van der Waals surface area (Å²) in [7, 11) is 0. The number of unbranched alkanes of at least 4 members (excludes halogenated alkanes) is 17. The SMILES string of the molecule is CC/C=C\CCCCOC(CCCC(=O)OCCCCCCN(CCCO)CCCCCCCC(=O)OCCCCCCCCC)OCCCC/C=C\CC. The van der Waals surface area contributed by atoms with Crippen LogP contribution in [0.1, 0.15) is 207 Å². The van der Waals surface area contributed by atoms with Gasteiger partial charge in [0.1, 0.15) is 0 Å². The summed E-state index contributed by atoms with van der Waals surface area (Å²) in [5.74, 6) is -0.164. The quantitative estimate of drug-likeness (QED) is 0.0283. The van der Waals surface area contributed by atoms with E-state index in [9.17, 15) is 14.7 Å². The van der Waals surface area contributed by atoms with E-state index in [4.69, 9.17) is 18.9 Å². The fourth-order valence-electron chi connectivity index (χ4n) is 6.49. The third-order valence-corrected chi connectivity index (χ3v) is 9.89. The Morgan fingerprint density at radius 3 is 1.44 bits per heavy atom. The molecule has 8 nitrogen and oxygen atoms in total. The van der Waals surface area contributed by atoms with E-state index in [1.807, 2.05) is 0 Å². The van der Waals surface area contributed by atoms with E-state index >= 15 is 0 Å². The van der Waals surface area contributed by atoms with Crippen LogP contribution in [0.4, 0.5) is 0 Å². The Balaban J connectivity index is 4.03. The minimum Gasteiger partial charge on any atom is -0.466 e. The fraction of sp³-hybridized carbons (Fsp3) is 0.872. The standard InChI is InChI=1S/C47H89NO7/c1-4-7-10-13-16-23-28-41-52-45(50)34-25-18-17-19-26-37-48(39-33-40-49)38-27-20-24-29-42-53-46(51)35-32-36-47(54-43-30-21-14-11-8-5-2)55-44-31-22-15-12-9-6-3/h8-9,11-12,47,49H,4-7,10,13-44H2,1-3H3/b11-8-,12-9-. The maximum absolute atomic E-state index is 12.4. The van der Waals surface area contributed by atoms with Crippen LogP contribution in [0, 0.1) is 0 Å². The van der Waals surface area contributed by atoms with Crippen molar-refractivity contribution in [3.63, 3.8) is 0 Å². The van der Waals surface area contributed by atoms with Gasteiger partial charge in [-0.2, -0.15) is 0 Å². The van der Waals surface area contributed by atoms with Crippen molar-refractivity contribution in [3.8, 4) is 0 Å². The number of aliphatic hydroxyl groups is 1. The second kappa shape index (κ2) is 45.0. The molecular weight excluding hydrogens is 691 g/mol. The lowest BCUT2D eigenvalue weighted by Gasteiger charge is -2.22. The van der Waals surface area contributed by atoms with Gasteiger partial charge in [-0.15, -0.1) is 0 Å². The van der Waals surface area contributed by atoms with Gasteiger partial charge >= 0.3 is 11.9 Å². The average Bonchev–Trinajstić information content (AvgIpc) is 3.18. The largest absolute Gasteiger partial charge is 0.466 e.